The lowest BCUT2D eigenvalue weighted by Gasteiger charge is -2.16. The zero-order valence-electron chi connectivity index (χ0n) is 11.4. The molecule has 1 aromatic rings. The minimum absolute atomic E-state index is 0.0286. The predicted molar refractivity (Wildman–Crippen MR) is 79.0 cm³/mol. The van der Waals surface area contributed by atoms with Crippen molar-refractivity contribution in [2.45, 2.75) is 32.9 Å². The van der Waals surface area contributed by atoms with Crippen molar-refractivity contribution in [3.63, 3.8) is 0 Å². The lowest BCUT2D eigenvalue weighted by atomic mass is 10.2. The van der Waals surface area contributed by atoms with E-state index in [9.17, 15) is 9.59 Å². The predicted octanol–water partition coefficient (Wildman–Crippen LogP) is 2.65. The summed E-state index contributed by atoms with van der Waals surface area (Å²) in [6.45, 7) is 5.08. The second-order valence-corrected chi connectivity index (χ2v) is 5.36. The fourth-order valence-electron chi connectivity index (χ4n) is 1.44. The number of hydrogen-bond acceptors (Lipinski definition) is 4. The van der Waals surface area contributed by atoms with Gasteiger partial charge in [0.15, 0.2) is 6.10 Å². The molecule has 0 saturated heterocycles. The van der Waals surface area contributed by atoms with E-state index >= 15 is 0 Å². The van der Waals surface area contributed by atoms with E-state index in [4.69, 9.17) is 33.7 Å². The molecule has 3 N–H and O–H groups in total. The summed E-state index contributed by atoms with van der Waals surface area (Å²) >= 11 is 11.8. The van der Waals surface area contributed by atoms with Gasteiger partial charge in [-0.25, -0.2) is 4.79 Å². The van der Waals surface area contributed by atoms with E-state index < -0.39 is 12.1 Å². The van der Waals surface area contributed by atoms with Crippen LogP contribution in [0.2, 0.25) is 10.0 Å². The molecule has 110 valence electrons. The summed E-state index contributed by atoms with van der Waals surface area (Å²) in [4.78, 5) is 23.6. The van der Waals surface area contributed by atoms with Gasteiger partial charge in [0.25, 0.3) is 5.91 Å². The highest BCUT2D eigenvalue weighted by atomic mass is 35.5. The highest BCUT2D eigenvalue weighted by Crippen LogP contribution is 2.29. The van der Waals surface area contributed by atoms with Gasteiger partial charge in [0.05, 0.1) is 15.6 Å². The Morgan fingerprint density at radius 2 is 1.85 bits per heavy atom. The Kier molecular flexibility index (Phi) is 5.65. The van der Waals surface area contributed by atoms with E-state index in [0.717, 1.165) is 0 Å². The van der Waals surface area contributed by atoms with Gasteiger partial charge in [-0.2, -0.15) is 0 Å². The first-order chi connectivity index (χ1) is 9.22. The highest BCUT2D eigenvalue weighted by molar-refractivity contribution is 6.44. The average molecular weight is 319 g/mol. The zero-order valence-corrected chi connectivity index (χ0v) is 12.9. The van der Waals surface area contributed by atoms with Crippen molar-refractivity contribution in [1.82, 2.24) is 5.32 Å². The topological polar surface area (TPSA) is 81.4 Å². The Bertz CT molecular complexity index is 533. The first-order valence-corrected chi connectivity index (χ1v) is 6.73. The number of nitrogen functional groups attached to an aromatic ring is 1. The number of benzene rings is 1. The van der Waals surface area contributed by atoms with Crippen molar-refractivity contribution in [2.75, 3.05) is 5.73 Å². The van der Waals surface area contributed by atoms with E-state index in [1.165, 1.54) is 19.1 Å². The van der Waals surface area contributed by atoms with Gasteiger partial charge in [-0.15, -0.1) is 0 Å². The van der Waals surface area contributed by atoms with E-state index in [-0.39, 0.29) is 33.2 Å². The number of nitrogens with two attached hydrogens (primary N) is 1. The molecule has 7 heteroatoms. The van der Waals surface area contributed by atoms with Gasteiger partial charge in [-0.05, 0) is 32.9 Å². The van der Waals surface area contributed by atoms with Crippen molar-refractivity contribution >= 4 is 40.8 Å². The van der Waals surface area contributed by atoms with Crippen molar-refractivity contribution in [1.29, 1.82) is 0 Å². The number of ether oxygens (including phenoxy) is 1. The Hall–Kier alpha value is -1.46. The van der Waals surface area contributed by atoms with Crippen LogP contribution in [0.25, 0.3) is 0 Å². The fraction of sp³-hybridized carbons (Fsp3) is 0.385. The molecule has 0 aliphatic rings. The monoisotopic (exact) mass is 318 g/mol. The molecular formula is C13H16Cl2N2O3. The number of amides is 1. The van der Waals surface area contributed by atoms with Crippen molar-refractivity contribution in [2.24, 2.45) is 0 Å². The van der Waals surface area contributed by atoms with Crippen LogP contribution < -0.4 is 11.1 Å². The van der Waals surface area contributed by atoms with Gasteiger partial charge in [-0.1, -0.05) is 23.2 Å². The van der Waals surface area contributed by atoms with Gasteiger partial charge in [-0.3, -0.25) is 4.79 Å². The molecule has 0 radical (unpaired) electrons. The first-order valence-electron chi connectivity index (χ1n) is 5.98. The van der Waals surface area contributed by atoms with Gasteiger partial charge >= 0.3 is 5.97 Å². The Morgan fingerprint density at radius 3 is 2.40 bits per heavy atom. The molecule has 0 spiro atoms. The lowest BCUT2D eigenvalue weighted by Crippen LogP contribution is -2.39. The van der Waals surface area contributed by atoms with Crippen molar-refractivity contribution < 1.29 is 14.3 Å². The maximum absolute atomic E-state index is 12.0. The van der Waals surface area contributed by atoms with Crippen LogP contribution in [-0.2, 0) is 9.53 Å². The molecule has 1 aromatic carbocycles. The number of nitrogens with one attached hydrogen (secondary N) is 1. The van der Waals surface area contributed by atoms with Crippen LogP contribution in [0.1, 0.15) is 31.1 Å². The van der Waals surface area contributed by atoms with Crippen LogP contribution >= 0.6 is 23.2 Å². The van der Waals surface area contributed by atoms with Crippen LogP contribution in [-0.4, -0.2) is 24.0 Å². The van der Waals surface area contributed by atoms with Crippen LogP contribution in [0.5, 0.6) is 0 Å². The van der Waals surface area contributed by atoms with E-state index in [2.05, 4.69) is 5.32 Å². The normalized spacial score (nSPS) is 12.1. The van der Waals surface area contributed by atoms with Crippen LogP contribution in [0, 0.1) is 0 Å². The first kappa shape index (κ1) is 16.6. The third kappa shape index (κ3) is 4.28. The molecule has 0 aliphatic heterocycles. The van der Waals surface area contributed by atoms with E-state index in [0.29, 0.717) is 0 Å². The number of halogens is 2. The Balaban J connectivity index is 2.84. The summed E-state index contributed by atoms with van der Waals surface area (Å²) in [6.07, 6.45) is -0.943. The Labute approximate surface area is 127 Å². The third-order valence-corrected chi connectivity index (χ3v) is 3.16. The highest BCUT2D eigenvalue weighted by Gasteiger charge is 2.22. The molecule has 0 heterocycles. The smallest absolute Gasteiger partial charge is 0.340 e. The molecule has 1 rings (SSSR count). The van der Waals surface area contributed by atoms with Gasteiger partial charge in [0, 0.05) is 11.7 Å². The minimum atomic E-state index is -0.943. The summed E-state index contributed by atoms with van der Waals surface area (Å²) in [6, 6.07) is 2.73. The van der Waals surface area contributed by atoms with Crippen molar-refractivity contribution in [3.8, 4) is 0 Å². The lowest BCUT2D eigenvalue weighted by molar-refractivity contribution is -0.129. The molecule has 0 fully saturated rings. The molecule has 0 saturated carbocycles. The average Bonchev–Trinajstić information content (AvgIpc) is 2.32. The number of carbonyl (C=O) groups excluding carboxylic acids is 2. The standard InChI is InChI=1S/C13H16Cl2N2O3/c1-6(2)17-12(18)7(3)20-13(19)9-4-8(16)5-10(14)11(9)15/h4-7H,16H2,1-3H3,(H,17,18). The Morgan fingerprint density at radius 1 is 1.25 bits per heavy atom. The SMILES string of the molecule is CC(C)NC(=O)C(C)OC(=O)c1cc(N)cc(Cl)c1Cl. The number of hydrogen-bond donors (Lipinski definition) is 2. The number of esters is 1. The summed E-state index contributed by atoms with van der Waals surface area (Å²) in [5.41, 5.74) is 5.90. The summed E-state index contributed by atoms with van der Waals surface area (Å²) in [5.74, 6) is -1.14. The number of rotatable bonds is 4. The minimum Gasteiger partial charge on any atom is -0.449 e. The molecule has 0 aliphatic carbocycles. The fourth-order valence-corrected chi connectivity index (χ4v) is 1.85. The zero-order chi connectivity index (χ0) is 15.4. The number of carbonyl (C=O) groups is 2. The van der Waals surface area contributed by atoms with E-state index in [1.807, 2.05) is 0 Å². The molecular weight excluding hydrogens is 303 g/mol. The van der Waals surface area contributed by atoms with Crippen LogP contribution in [0.4, 0.5) is 5.69 Å². The molecule has 0 bridgehead atoms. The molecule has 1 amide bonds. The molecule has 1 atom stereocenters. The second kappa shape index (κ2) is 6.81. The summed E-state index contributed by atoms with van der Waals surface area (Å²) in [5, 5.41) is 2.83. The summed E-state index contributed by atoms with van der Waals surface area (Å²) in [7, 11) is 0. The molecule has 5 nitrogen and oxygen atoms in total. The molecule has 1 unspecified atom stereocenters. The largest absolute Gasteiger partial charge is 0.449 e. The van der Waals surface area contributed by atoms with Crippen LogP contribution in [0.15, 0.2) is 12.1 Å². The maximum atomic E-state index is 12.0. The summed E-state index contributed by atoms with van der Waals surface area (Å²) < 4.78 is 5.04. The molecule has 0 aromatic heterocycles. The van der Waals surface area contributed by atoms with Gasteiger partial charge < -0.3 is 15.8 Å². The quantitative estimate of drug-likeness (QED) is 0.660. The van der Waals surface area contributed by atoms with Crippen molar-refractivity contribution in [3.05, 3.63) is 27.7 Å². The van der Waals surface area contributed by atoms with E-state index in [1.54, 1.807) is 13.8 Å². The maximum Gasteiger partial charge on any atom is 0.340 e. The number of anilines is 1. The molecule has 20 heavy (non-hydrogen) atoms. The van der Waals surface area contributed by atoms with Gasteiger partial charge in [0.2, 0.25) is 0 Å². The van der Waals surface area contributed by atoms with Crippen LogP contribution in [0.3, 0.4) is 0 Å². The second-order valence-electron chi connectivity index (χ2n) is 4.58. The van der Waals surface area contributed by atoms with Gasteiger partial charge in [0.1, 0.15) is 0 Å². The third-order valence-electron chi connectivity index (χ3n) is 2.35.